The van der Waals surface area contributed by atoms with E-state index in [-0.39, 0.29) is 6.10 Å². The third kappa shape index (κ3) is 6.31. The van der Waals surface area contributed by atoms with E-state index >= 15 is 0 Å². The topological polar surface area (TPSA) is 9.23 Å². The molecule has 0 aliphatic heterocycles. The predicted octanol–water partition coefficient (Wildman–Crippen LogP) is 5.94. The molecule has 108 valence electrons. The molecule has 19 heavy (non-hydrogen) atoms. The van der Waals surface area contributed by atoms with Crippen molar-refractivity contribution in [2.24, 2.45) is 0 Å². The Morgan fingerprint density at radius 2 is 1.53 bits per heavy atom. The fourth-order valence-electron chi connectivity index (χ4n) is 2.56. The second-order valence-electron chi connectivity index (χ2n) is 5.83. The molecule has 1 rings (SSSR count). The van der Waals surface area contributed by atoms with Crippen molar-refractivity contribution >= 4 is 18.8 Å². The van der Waals surface area contributed by atoms with Gasteiger partial charge < -0.3 is 0 Å². The SMILES string of the molecule is CCC[CH2][Sn]([CH3])([CH2]CCC)[O]C(C)c1ccccc1. The summed E-state index contributed by atoms with van der Waals surface area (Å²) in [6.45, 7) is 6.79. The summed E-state index contributed by atoms with van der Waals surface area (Å²) in [5.41, 5.74) is 1.33. The van der Waals surface area contributed by atoms with Gasteiger partial charge in [-0.25, -0.2) is 0 Å². The summed E-state index contributed by atoms with van der Waals surface area (Å²) in [7, 11) is 0. The van der Waals surface area contributed by atoms with Gasteiger partial charge in [0.25, 0.3) is 0 Å². The van der Waals surface area contributed by atoms with Crippen LogP contribution < -0.4 is 0 Å². The molecule has 1 aromatic carbocycles. The third-order valence-electron chi connectivity index (χ3n) is 3.85. The van der Waals surface area contributed by atoms with Crippen molar-refractivity contribution < 1.29 is 3.07 Å². The van der Waals surface area contributed by atoms with Gasteiger partial charge in [0.2, 0.25) is 0 Å². The normalized spacial score (nSPS) is 13.5. The van der Waals surface area contributed by atoms with Gasteiger partial charge in [-0.3, -0.25) is 0 Å². The van der Waals surface area contributed by atoms with E-state index in [2.05, 4.69) is 56.0 Å². The van der Waals surface area contributed by atoms with Crippen LogP contribution in [0, 0.1) is 0 Å². The van der Waals surface area contributed by atoms with Crippen LogP contribution in [0.3, 0.4) is 0 Å². The van der Waals surface area contributed by atoms with Crippen molar-refractivity contribution in [3.8, 4) is 0 Å². The average molecular weight is 369 g/mol. The van der Waals surface area contributed by atoms with Crippen LogP contribution in [0.2, 0.25) is 13.8 Å². The maximum absolute atomic E-state index is 6.64. The van der Waals surface area contributed by atoms with E-state index in [1.807, 2.05) is 0 Å². The van der Waals surface area contributed by atoms with Gasteiger partial charge in [0.1, 0.15) is 0 Å². The summed E-state index contributed by atoms with van der Waals surface area (Å²) in [6.07, 6.45) is 5.55. The van der Waals surface area contributed by atoms with E-state index in [0.717, 1.165) is 0 Å². The van der Waals surface area contributed by atoms with Crippen molar-refractivity contribution in [3.05, 3.63) is 35.9 Å². The van der Waals surface area contributed by atoms with Crippen LogP contribution in [-0.2, 0) is 3.07 Å². The van der Waals surface area contributed by atoms with Crippen molar-refractivity contribution in [2.45, 2.75) is 66.4 Å². The molecule has 0 radical (unpaired) electrons. The van der Waals surface area contributed by atoms with Gasteiger partial charge in [0, 0.05) is 0 Å². The Bertz CT molecular complexity index is 328. The molecule has 0 bridgehead atoms. The van der Waals surface area contributed by atoms with Crippen molar-refractivity contribution in [1.29, 1.82) is 0 Å². The van der Waals surface area contributed by atoms with Crippen molar-refractivity contribution in [3.63, 3.8) is 0 Å². The molecule has 0 aliphatic carbocycles. The molecule has 0 spiro atoms. The average Bonchev–Trinajstić information content (AvgIpc) is 2.44. The Morgan fingerprint density at radius 3 is 2.00 bits per heavy atom. The molecule has 0 N–H and O–H groups in total. The Hall–Kier alpha value is -0.0213. The van der Waals surface area contributed by atoms with Crippen LogP contribution in [-0.4, -0.2) is 18.8 Å². The summed E-state index contributed by atoms with van der Waals surface area (Å²) in [5.74, 6) is 0. The van der Waals surface area contributed by atoms with Gasteiger partial charge in [-0.15, -0.1) is 0 Å². The molecule has 0 heterocycles. The molecule has 0 saturated carbocycles. The number of benzene rings is 1. The molecule has 1 nitrogen and oxygen atoms in total. The van der Waals surface area contributed by atoms with Crippen LogP contribution in [0.1, 0.15) is 58.1 Å². The summed E-state index contributed by atoms with van der Waals surface area (Å²) >= 11 is -2.34. The standard InChI is InChI=1S/C8H9O.2C4H9.CH3.Sn/c1-7(9)8-5-3-2-4-6-8;2*1-3-4-2;;/h2-7H,1H3;2*1,3-4H2,2H3;1H3;/q-1;;;;+1. The fourth-order valence-corrected chi connectivity index (χ4v) is 13.1. The number of hydrogen-bond acceptors (Lipinski definition) is 1. The van der Waals surface area contributed by atoms with Gasteiger partial charge in [-0.1, -0.05) is 0 Å². The van der Waals surface area contributed by atoms with Crippen molar-refractivity contribution in [2.75, 3.05) is 0 Å². The van der Waals surface area contributed by atoms with E-state index in [0.29, 0.717) is 0 Å². The van der Waals surface area contributed by atoms with Crippen LogP contribution in [0.4, 0.5) is 0 Å². The van der Waals surface area contributed by atoms with E-state index < -0.39 is 18.8 Å². The first-order valence-corrected chi connectivity index (χ1v) is 15.9. The van der Waals surface area contributed by atoms with Gasteiger partial charge in [-0.05, 0) is 0 Å². The van der Waals surface area contributed by atoms with Gasteiger partial charge >= 0.3 is 124 Å². The van der Waals surface area contributed by atoms with Gasteiger partial charge in [0.05, 0.1) is 0 Å². The second-order valence-corrected chi connectivity index (χ2v) is 17.6. The summed E-state index contributed by atoms with van der Waals surface area (Å²) in [4.78, 5) is 2.50. The summed E-state index contributed by atoms with van der Waals surface area (Å²) in [5, 5.41) is 0. The Morgan fingerprint density at radius 1 is 1.00 bits per heavy atom. The molecule has 1 atom stereocenters. The first-order valence-electron chi connectivity index (χ1n) is 7.84. The Balaban J connectivity index is 2.65. The predicted molar refractivity (Wildman–Crippen MR) is 87.0 cm³/mol. The molecule has 1 aromatic rings. The zero-order valence-electron chi connectivity index (χ0n) is 13.1. The monoisotopic (exact) mass is 370 g/mol. The minimum absolute atomic E-state index is 0.274. The zero-order chi connectivity index (χ0) is 14.1. The number of rotatable bonds is 9. The molecule has 0 aliphatic rings. The number of unbranched alkanes of at least 4 members (excludes halogenated alkanes) is 2. The van der Waals surface area contributed by atoms with E-state index in [1.165, 1.54) is 40.1 Å². The third-order valence-corrected chi connectivity index (χ3v) is 14.5. The number of hydrogen-bond donors (Lipinski definition) is 0. The zero-order valence-corrected chi connectivity index (χ0v) is 16.0. The second kappa shape index (κ2) is 9.01. The summed E-state index contributed by atoms with van der Waals surface area (Å²) < 4.78 is 9.39. The molecule has 1 unspecified atom stereocenters. The van der Waals surface area contributed by atoms with Crippen LogP contribution in [0.5, 0.6) is 0 Å². The van der Waals surface area contributed by atoms with E-state index in [4.69, 9.17) is 3.07 Å². The van der Waals surface area contributed by atoms with Gasteiger partial charge in [0.15, 0.2) is 0 Å². The Kier molecular flexibility index (Phi) is 8.08. The molecular weight excluding hydrogens is 339 g/mol. The van der Waals surface area contributed by atoms with Crippen molar-refractivity contribution in [1.82, 2.24) is 0 Å². The first-order chi connectivity index (χ1) is 9.11. The van der Waals surface area contributed by atoms with Gasteiger partial charge in [-0.2, -0.15) is 0 Å². The molecule has 2 heteroatoms. The molecule has 0 aromatic heterocycles. The molecule has 0 saturated heterocycles. The van der Waals surface area contributed by atoms with Crippen LogP contribution in [0.15, 0.2) is 30.3 Å². The quantitative estimate of drug-likeness (QED) is 0.490. The fraction of sp³-hybridized carbons (Fsp3) is 0.647. The summed E-state index contributed by atoms with van der Waals surface area (Å²) in [6, 6.07) is 10.7. The molecule has 0 fully saturated rings. The molecular formula is C17H30OSn. The first kappa shape index (κ1) is 17.0. The van der Waals surface area contributed by atoms with E-state index in [1.54, 1.807) is 0 Å². The Labute approximate surface area is 124 Å². The maximum atomic E-state index is 6.64. The van der Waals surface area contributed by atoms with Crippen LogP contribution >= 0.6 is 0 Å². The molecule has 0 amide bonds. The van der Waals surface area contributed by atoms with Crippen LogP contribution in [0.25, 0.3) is 0 Å². The minimum atomic E-state index is -2.34. The van der Waals surface area contributed by atoms with E-state index in [9.17, 15) is 0 Å².